The zero-order chi connectivity index (χ0) is 14.0. The van der Waals surface area contributed by atoms with Crippen LogP contribution in [0, 0.1) is 0 Å². The van der Waals surface area contributed by atoms with Crippen molar-refractivity contribution < 1.29 is 23.1 Å². The van der Waals surface area contributed by atoms with E-state index in [1.54, 1.807) is 0 Å². The predicted octanol–water partition coefficient (Wildman–Crippen LogP) is -0.109. The van der Waals surface area contributed by atoms with Crippen LogP contribution in [0.2, 0.25) is 0 Å². The molecule has 0 spiro atoms. The van der Waals surface area contributed by atoms with Gasteiger partial charge in [-0.1, -0.05) is 0 Å². The number of carbonyl (C=O) groups is 1. The molecule has 2 aliphatic rings. The smallest absolute Gasteiger partial charge is 0.304 e. The van der Waals surface area contributed by atoms with Crippen LogP contribution in [0.15, 0.2) is 0 Å². The topological polar surface area (TPSA) is 87.1 Å². The van der Waals surface area contributed by atoms with Gasteiger partial charge in [-0.2, -0.15) is 17.0 Å². The molecule has 0 radical (unpaired) electrons. The molecule has 2 aliphatic heterocycles. The second-order valence-corrected chi connectivity index (χ2v) is 6.91. The Morgan fingerprint density at radius 1 is 1.37 bits per heavy atom. The second kappa shape index (κ2) is 5.74. The quantitative estimate of drug-likeness (QED) is 0.764. The molecule has 2 saturated heterocycles. The minimum atomic E-state index is -3.55. The van der Waals surface area contributed by atoms with Gasteiger partial charge in [0.05, 0.1) is 12.5 Å². The third-order valence-electron chi connectivity index (χ3n) is 3.76. The van der Waals surface area contributed by atoms with Crippen LogP contribution < -0.4 is 0 Å². The third-order valence-corrected chi connectivity index (χ3v) is 5.81. The molecule has 110 valence electrons. The van der Waals surface area contributed by atoms with E-state index in [4.69, 9.17) is 9.84 Å². The zero-order valence-corrected chi connectivity index (χ0v) is 11.8. The highest BCUT2D eigenvalue weighted by atomic mass is 32.2. The maximum absolute atomic E-state index is 12.5. The van der Waals surface area contributed by atoms with Gasteiger partial charge in [-0.3, -0.25) is 4.79 Å². The number of aliphatic carboxylic acids is 1. The molecular weight excluding hydrogens is 272 g/mol. The van der Waals surface area contributed by atoms with Crippen LogP contribution in [-0.4, -0.2) is 67.0 Å². The summed E-state index contributed by atoms with van der Waals surface area (Å²) in [5.41, 5.74) is 0. The standard InChI is InChI=1S/C11H20N2O5S/c1-18-10-6-9(7-11(14)15)13(8-10)19(16,17)12-4-2-3-5-12/h9-10H,2-8H2,1H3,(H,14,15). The first-order valence-corrected chi connectivity index (χ1v) is 7.86. The minimum absolute atomic E-state index is 0.174. The van der Waals surface area contributed by atoms with Crippen LogP contribution in [0.5, 0.6) is 0 Å². The highest BCUT2D eigenvalue weighted by Gasteiger charge is 2.43. The van der Waals surface area contributed by atoms with Crippen molar-refractivity contribution in [3.63, 3.8) is 0 Å². The first-order chi connectivity index (χ1) is 8.95. The number of carboxylic acids is 1. The van der Waals surface area contributed by atoms with Gasteiger partial charge in [0.1, 0.15) is 0 Å². The predicted molar refractivity (Wildman–Crippen MR) is 67.9 cm³/mol. The summed E-state index contributed by atoms with van der Waals surface area (Å²) in [5, 5.41) is 8.91. The van der Waals surface area contributed by atoms with Crippen molar-refractivity contribution >= 4 is 16.2 Å². The molecule has 0 aromatic carbocycles. The molecule has 7 nitrogen and oxygen atoms in total. The monoisotopic (exact) mass is 292 g/mol. The molecule has 19 heavy (non-hydrogen) atoms. The summed E-state index contributed by atoms with van der Waals surface area (Å²) in [6.07, 6.45) is 1.78. The van der Waals surface area contributed by atoms with Crippen molar-refractivity contribution in [3.8, 4) is 0 Å². The van der Waals surface area contributed by atoms with Crippen LogP contribution in [0.1, 0.15) is 25.7 Å². The fourth-order valence-corrected chi connectivity index (χ4v) is 4.66. The number of ether oxygens (including phenoxy) is 1. The van der Waals surface area contributed by atoms with Crippen LogP contribution in [0.25, 0.3) is 0 Å². The molecule has 0 bridgehead atoms. The van der Waals surface area contributed by atoms with E-state index in [-0.39, 0.29) is 19.1 Å². The first-order valence-electron chi connectivity index (χ1n) is 6.46. The van der Waals surface area contributed by atoms with Crippen molar-refractivity contribution in [1.82, 2.24) is 8.61 Å². The molecule has 2 unspecified atom stereocenters. The summed E-state index contributed by atoms with van der Waals surface area (Å²) >= 11 is 0. The molecule has 2 heterocycles. The van der Waals surface area contributed by atoms with E-state index in [9.17, 15) is 13.2 Å². The van der Waals surface area contributed by atoms with E-state index < -0.39 is 22.2 Å². The average molecular weight is 292 g/mol. The lowest BCUT2D eigenvalue weighted by Crippen LogP contribution is -2.45. The largest absolute Gasteiger partial charge is 0.481 e. The number of carboxylic acid groups (broad SMARTS) is 1. The Hall–Kier alpha value is -0.700. The summed E-state index contributed by atoms with van der Waals surface area (Å²) in [5.74, 6) is -0.983. The summed E-state index contributed by atoms with van der Waals surface area (Å²) in [6, 6.07) is -0.506. The highest BCUT2D eigenvalue weighted by molar-refractivity contribution is 7.86. The lowest BCUT2D eigenvalue weighted by atomic mass is 10.1. The van der Waals surface area contributed by atoms with E-state index >= 15 is 0 Å². The van der Waals surface area contributed by atoms with Gasteiger partial charge in [-0.15, -0.1) is 0 Å². The second-order valence-electron chi connectivity index (χ2n) is 5.03. The molecule has 0 aromatic rings. The Morgan fingerprint density at radius 2 is 2.00 bits per heavy atom. The van der Waals surface area contributed by atoms with Crippen molar-refractivity contribution in [2.24, 2.45) is 0 Å². The Morgan fingerprint density at radius 3 is 2.53 bits per heavy atom. The van der Waals surface area contributed by atoms with Crippen molar-refractivity contribution in [2.75, 3.05) is 26.7 Å². The van der Waals surface area contributed by atoms with Gasteiger partial charge >= 0.3 is 5.97 Å². The Labute approximate surface area is 113 Å². The maximum atomic E-state index is 12.5. The lowest BCUT2D eigenvalue weighted by Gasteiger charge is -2.27. The normalized spacial score (nSPS) is 29.9. The van der Waals surface area contributed by atoms with Crippen LogP contribution in [0.3, 0.4) is 0 Å². The molecular formula is C11H20N2O5S. The molecule has 2 atom stereocenters. The van der Waals surface area contributed by atoms with Crippen molar-refractivity contribution in [2.45, 2.75) is 37.8 Å². The van der Waals surface area contributed by atoms with E-state index in [0.717, 1.165) is 12.8 Å². The fourth-order valence-electron chi connectivity index (χ4n) is 2.75. The Bertz CT molecular complexity index is 432. The van der Waals surface area contributed by atoms with Crippen LogP contribution in [-0.2, 0) is 19.7 Å². The molecule has 0 amide bonds. The summed E-state index contributed by atoms with van der Waals surface area (Å²) in [7, 11) is -2.03. The summed E-state index contributed by atoms with van der Waals surface area (Å²) in [6.45, 7) is 1.29. The fraction of sp³-hybridized carbons (Fsp3) is 0.909. The molecule has 0 saturated carbocycles. The van der Waals surface area contributed by atoms with Gasteiger partial charge in [0.15, 0.2) is 0 Å². The van der Waals surface area contributed by atoms with Gasteiger partial charge in [-0.25, -0.2) is 0 Å². The molecule has 0 aliphatic carbocycles. The van der Waals surface area contributed by atoms with Crippen molar-refractivity contribution in [3.05, 3.63) is 0 Å². The summed E-state index contributed by atoms with van der Waals surface area (Å²) < 4.78 is 32.9. The van der Waals surface area contributed by atoms with Gasteiger partial charge in [0.2, 0.25) is 0 Å². The Balaban J connectivity index is 2.16. The van der Waals surface area contributed by atoms with Gasteiger partial charge < -0.3 is 9.84 Å². The molecule has 2 fully saturated rings. The minimum Gasteiger partial charge on any atom is -0.481 e. The lowest BCUT2D eigenvalue weighted by molar-refractivity contribution is -0.137. The average Bonchev–Trinajstić information content (AvgIpc) is 2.96. The molecule has 8 heteroatoms. The van der Waals surface area contributed by atoms with Gasteiger partial charge in [0, 0.05) is 32.8 Å². The zero-order valence-electron chi connectivity index (χ0n) is 11.0. The summed E-state index contributed by atoms with van der Waals surface area (Å²) in [4.78, 5) is 10.9. The van der Waals surface area contributed by atoms with Crippen molar-refractivity contribution in [1.29, 1.82) is 0 Å². The van der Waals surface area contributed by atoms with E-state index in [1.165, 1.54) is 15.7 Å². The van der Waals surface area contributed by atoms with Gasteiger partial charge in [0.25, 0.3) is 10.2 Å². The van der Waals surface area contributed by atoms with Crippen LogP contribution in [0.4, 0.5) is 0 Å². The van der Waals surface area contributed by atoms with Gasteiger partial charge in [-0.05, 0) is 19.3 Å². The third kappa shape index (κ3) is 3.07. The number of hydrogen-bond acceptors (Lipinski definition) is 4. The number of methoxy groups -OCH3 is 1. The SMILES string of the molecule is COC1CC(CC(=O)O)N(S(=O)(=O)N2CCCC2)C1. The van der Waals surface area contributed by atoms with Crippen LogP contribution >= 0.6 is 0 Å². The number of rotatable bonds is 5. The highest BCUT2D eigenvalue weighted by Crippen LogP contribution is 2.28. The molecule has 2 rings (SSSR count). The maximum Gasteiger partial charge on any atom is 0.304 e. The molecule has 0 aromatic heterocycles. The first kappa shape index (κ1) is 14.7. The Kier molecular flexibility index (Phi) is 4.44. The van der Waals surface area contributed by atoms with E-state index in [0.29, 0.717) is 19.5 Å². The number of nitrogens with zero attached hydrogens (tertiary/aromatic N) is 2. The van der Waals surface area contributed by atoms with E-state index in [1.807, 2.05) is 0 Å². The molecule has 1 N–H and O–H groups in total. The number of hydrogen-bond donors (Lipinski definition) is 1. The van der Waals surface area contributed by atoms with E-state index in [2.05, 4.69) is 0 Å².